The number of oxime groups is 1. The Hall–Kier alpha value is -2.23. The van der Waals surface area contributed by atoms with Crippen LogP contribution in [0.1, 0.15) is 54.7 Å². The third-order valence-corrected chi connectivity index (χ3v) is 4.52. The molecule has 2 nitrogen and oxygen atoms in total. The van der Waals surface area contributed by atoms with Crippen LogP contribution in [0.4, 0.5) is 8.78 Å². The molecule has 4 heteroatoms. The van der Waals surface area contributed by atoms with Crippen LogP contribution < -0.4 is 0 Å². The molecule has 0 aromatic heterocycles. The predicted molar refractivity (Wildman–Crippen MR) is 91.0 cm³/mol. The van der Waals surface area contributed by atoms with Crippen molar-refractivity contribution in [2.45, 2.75) is 44.6 Å². The van der Waals surface area contributed by atoms with Gasteiger partial charge in [0, 0.05) is 11.6 Å². The molecule has 0 atom stereocenters. The summed E-state index contributed by atoms with van der Waals surface area (Å²) in [5.41, 5.74) is 2.61. The fourth-order valence-corrected chi connectivity index (χ4v) is 3.13. The van der Waals surface area contributed by atoms with Gasteiger partial charge in [-0.15, -0.1) is 0 Å². The first-order chi connectivity index (χ1) is 11.7. The summed E-state index contributed by atoms with van der Waals surface area (Å²) in [7, 11) is 0. The van der Waals surface area contributed by atoms with Crippen LogP contribution in [0.25, 0.3) is 0 Å². The minimum atomic E-state index is -0.623. The van der Waals surface area contributed by atoms with Gasteiger partial charge in [0.25, 0.3) is 0 Å². The molecule has 1 saturated carbocycles. The van der Waals surface area contributed by atoms with Crippen molar-refractivity contribution in [1.29, 1.82) is 0 Å². The van der Waals surface area contributed by atoms with Crippen molar-refractivity contribution in [3.05, 3.63) is 70.8 Å². The highest BCUT2D eigenvalue weighted by Crippen LogP contribution is 2.32. The summed E-state index contributed by atoms with van der Waals surface area (Å²) >= 11 is 0. The maximum absolute atomic E-state index is 13.5. The molecule has 0 bridgehead atoms. The summed E-state index contributed by atoms with van der Waals surface area (Å²) in [6.07, 6.45) is 8.15. The van der Waals surface area contributed by atoms with E-state index in [1.807, 2.05) is 12.1 Å². The topological polar surface area (TPSA) is 21.6 Å². The minimum absolute atomic E-state index is 0.0250. The second kappa shape index (κ2) is 8.04. The number of benzene rings is 2. The Balaban J connectivity index is 1.52. The third kappa shape index (κ3) is 4.40. The summed E-state index contributed by atoms with van der Waals surface area (Å²) in [5, 5.41) is 3.86. The molecule has 0 heterocycles. The molecule has 126 valence electrons. The molecule has 0 aliphatic heterocycles. The Morgan fingerprint density at radius 2 is 1.75 bits per heavy atom. The normalized spacial score (nSPS) is 15.8. The number of nitrogens with zero attached hydrogens (tertiary/aromatic N) is 1. The average molecular weight is 329 g/mol. The van der Waals surface area contributed by atoms with Gasteiger partial charge in [0.2, 0.25) is 0 Å². The number of hydrogen-bond donors (Lipinski definition) is 0. The van der Waals surface area contributed by atoms with Gasteiger partial charge in [-0.3, -0.25) is 0 Å². The van der Waals surface area contributed by atoms with Gasteiger partial charge in [0.1, 0.15) is 18.2 Å². The molecule has 24 heavy (non-hydrogen) atoms. The van der Waals surface area contributed by atoms with E-state index in [2.05, 4.69) is 17.3 Å². The number of halogens is 2. The Morgan fingerprint density at radius 3 is 2.46 bits per heavy atom. The fourth-order valence-electron chi connectivity index (χ4n) is 3.13. The van der Waals surface area contributed by atoms with Crippen LogP contribution in [0.5, 0.6) is 0 Å². The lowest BCUT2D eigenvalue weighted by molar-refractivity contribution is 0.129. The highest BCUT2D eigenvalue weighted by molar-refractivity contribution is 5.79. The second-order valence-corrected chi connectivity index (χ2v) is 6.25. The van der Waals surface area contributed by atoms with Gasteiger partial charge in [0.15, 0.2) is 0 Å². The van der Waals surface area contributed by atoms with Crippen LogP contribution in [-0.2, 0) is 11.4 Å². The Labute approximate surface area is 141 Å². The molecular formula is C20H21F2NO. The number of rotatable bonds is 5. The van der Waals surface area contributed by atoms with Crippen LogP contribution in [-0.4, -0.2) is 6.21 Å². The van der Waals surface area contributed by atoms with Crippen LogP contribution >= 0.6 is 0 Å². The Morgan fingerprint density at radius 1 is 1.00 bits per heavy atom. The van der Waals surface area contributed by atoms with Crippen LogP contribution in [0, 0.1) is 11.6 Å². The molecule has 0 amide bonds. The van der Waals surface area contributed by atoms with E-state index in [1.54, 1.807) is 6.21 Å². The van der Waals surface area contributed by atoms with E-state index in [1.165, 1.54) is 49.8 Å². The van der Waals surface area contributed by atoms with Crippen molar-refractivity contribution in [1.82, 2.24) is 0 Å². The van der Waals surface area contributed by atoms with Crippen LogP contribution in [0.2, 0.25) is 0 Å². The highest BCUT2D eigenvalue weighted by Gasteiger charge is 2.14. The summed E-state index contributed by atoms with van der Waals surface area (Å²) < 4.78 is 26.3. The van der Waals surface area contributed by atoms with Gasteiger partial charge in [-0.25, -0.2) is 8.78 Å². The fraction of sp³-hybridized carbons (Fsp3) is 0.350. The summed E-state index contributed by atoms with van der Waals surface area (Å²) in [4.78, 5) is 5.10. The van der Waals surface area contributed by atoms with Gasteiger partial charge < -0.3 is 4.84 Å². The molecule has 2 aromatic carbocycles. The third-order valence-electron chi connectivity index (χ3n) is 4.52. The zero-order chi connectivity index (χ0) is 16.8. The zero-order valence-corrected chi connectivity index (χ0v) is 13.6. The van der Waals surface area contributed by atoms with Crippen molar-refractivity contribution in [2.24, 2.45) is 5.16 Å². The molecule has 0 saturated heterocycles. The second-order valence-electron chi connectivity index (χ2n) is 6.25. The summed E-state index contributed by atoms with van der Waals surface area (Å²) in [5.74, 6) is -0.540. The molecule has 1 fully saturated rings. The standard InChI is InChI=1S/C20H21F2NO/c21-19-11-10-18(20(22)12-19)14-24-23-13-15-6-8-17(9-7-15)16-4-2-1-3-5-16/h6-13,16H,1-5,14H2. The zero-order valence-electron chi connectivity index (χ0n) is 13.6. The lowest BCUT2D eigenvalue weighted by atomic mass is 9.84. The maximum Gasteiger partial charge on any atom is 0.145 e. The van der Waals surface area contributed by atoms with Crippen molar-refractivity contribution < 1.29 is 13.6 Å². The van der Waals surface area contributed by atoms with Crippen LogP contribution in [0.3, 0.4) is 0 Å². The van der Waals surface area contributed by atoms with E-state index in [9.17, 15) is 8.78 Å². The van der Waals surface area contributed by atoms with Gasteiger partial charge in [0.05, 0.1) is 6.21 Å². The first-order valence-electron chi connectivity index (χ1n) is 8.41. The van der Waals surface area contributed by atoms with E-state index in [-0.39, 0.29) is 12.2 Å². The van der Waals surface area contributed by atoms with E-state index in [0.717, 1.165) is 11.6 Å². The Kier molecular flexibility index (Phi) is 5.57. The molecular weight excluding hydrogens is 308 g/mol. The predicted octanol–water partition coefficient (Wildman–Crippen LogP) is 5.56. The lowest BCUT2D eigenvalue weighted by Crippen LogP contribution is -2.04. The van der Waals surface area contributed by atoms with Crippen molar-refractivity contribution >= 4 is 6.21 Å². The molecule has 1 aliphatic rings. The van der Waals surface area contributed by atoms with Gasteiger partial charge in [-0.05, 0) is 42.0 Å². The molecule has 0 spiro atoms. The van der Waals surface area contributed by atoms with Crippen molar-refractivity contribution in [3.63, 3.8) is 0 Å². The average Bonchev–Trinajstić information content (AvgIpc) is 2.61. The van der Waals surface area contributed by atoms with Crippen LogP contribution in [0.15, 0.2) is 47.6 Å². The van der Waals surface area contributed by atoms with E-state index in [4.69, 9.17) is 4.84 Å². The van der Waals surface area contributed by atoms with Gasteiger partial charge >= 0.3 is 0 Å². The molecule has 0 N–H and O–H groups in total. The van der Waals surface area contributed by atoms with E-state index in [0.29, 0.717) is 5.92 Å². The highest BCUT2D eigenvalue weighted by atomic mass is 19.1. The van der Waals surface area contributed by atoms with Crippen molar-refractivity contribution in [3.8, 4) is 0 Å². The summed E-state index contributed by atoms with van der Waals surface area (Å²) in [6.45, 7) is -0.0250. The quantitative estimate of drug-likeness (QED) is 0.519. The molecule has 2 aromatic rings. The molecule has 0 radical (unpaired) electrons. The van der Waals surface area contributed by atoms with E-state index < -0.39 is 11.6 Å². The maximum atomic E-state index is 13.5. The monoisotopic (exact) mass is 329 g/mol. The summed E-state index contributed by atoms with van der Waals surface area (Å²) in [6, 6.07) is 11.7. The molecule has 3 rings (SSSR count). The van der Waals surface area contributed by atoms with E-state index >= 15 is 0 Å². The first kappa shape index (κ1) is 16.6. The molecule has 0 unspecified atom stereocenters. The van der Waals surface area contributed by atoms with Crippen molar-refractivity contribution in [2.75, 3.05) is 0 Å². The first-order valence-corrected chi connectivity index (χ1v) is 8.41. The Bertz CT molecular complexity index is 691. The minimum Gasteiger partial charge on any atom is -0.391 e. The smallest absolute Gasteiger partial charge is 0.145 e. The van der Waals surface area contributed by atoms with Gasteiger partial charge in [-0.1, -0.05) is 48.7 Å². The molecule has 1 aliphatic carbocycles. The lowest BCUT2D eigenvalue weighted by Gasteiger charge is -2.21. The largest absolute Gasteiger partial charge is 0.391 e. The number of hydrogen-bond acceptors (Lipinski definition) is 2. The SMILES string of the molecule is Fc1ccc(CON=Cc2ccc(C3CCCCC3)cc2)c(F)c1. The van der Waals surface area contributed by atoms with Gasteiger partial charge in [-0.2, -0.15) is 0 Å².